The molecule has 2 aliphatic rings. The fraction of sp³-hybridized carbons (Fsp3) is 0.526. The van der Waals surface area contributed by atoms with Gasteiger partial charge in [-0.3, -0.25) is 14.4 Å². The Morgan fingerprint density at radius 3 is 2.77 bits per heavy atom. The topological polar surface area (TPSA) is 70.2 Å². The number of carbonyl (C=O) groups excluding carboxylic acids is 3. The van der Waals surface area contributed by atoms with Crippen LogP contribution in [-0.2, 0) is 14.3 Å². The molecule has 0 radical (unpaired) electrons. The van der Waals surface area contributed by atoms with Crippen molar-refractivity contribution in [1.29, 1.82) is 0 Å². The van der Waals surface area contributed by atoms with Crippen LogP contribution in [0.15, 0.2) is 24.3 Å². The predicted molar refractivity (Wildman–Crippen MR) is 97.0 cm³/mol. The number of benzene rings is 1. The minimum absolute atomic E-state index is 0.0472. The van der Waals surface area contributed by atoms with Crippen molar-refractivity contribution in [3.63, 3.8) is 0 Å². The normalized spacial score (nSPS) is 20.6. The molecule has 1 atom stereocenters. The van der Waals surface area contributed by atoms with Crippen molar-refractivity contribution in [3.05, 3.63) is 29.8 Å². The number of hydrogen-bond donors (Lipinski definition) is 0. The monoisotopic (exact) mass is 359 g/mol. The number of ether oxygens (including phenoxy) is 1. The third-order valence-corrected chi connectivity index (χ3v) is 4.99. The first-order valence-electron chi connectivity index (χ1n) is 8.98. The van der Waals surface area contributed by atoms with E-state index < -0.39 is 0 Å². The second-order valence-electron chi connectivity index (χ2n) is 6.89. The highest BCUT2D eigenvalue weighted by atomic mass is 16.5. The first kappa shape index (κ1) is 18.4. The molecule has 0 bridgehead atoms. The van der Waals surface area contributed by atoms with E-state index in [9.17, 15) is 14.4 Å². The maximum Gasteiger partial charge on any atom is 0.256 e. The van der Waals surface area contributed by atoms with Crippen LogP contribution in [0.2, 0.25) is 0 Å². The van der Waals surface area contributed by atoms with E-state index in [1.54, 1.807) is 43.3 Å². The molecule has 7 heteroatoms. The van der Waals surface area contributed by atoms with Gasteiger partial charge in [0.05, 0.1) is 17.4 Å². The molecule has 0 saturated carbocycles. The molecule has 3 rings (SSSR count). The Kier molecular flexibility index (Phi) is 5.56. The van der Waals surface area contributed by atoms with Gasteiger partial charge in [-0.25, -0.2) is 0 Å². The number of hydrogen-bond acceptors (Lipinski definition) is 4. The summed E-state index contributed by atoms with van der Waals surface area (Å²) in [6.45, 7) is 1.01. The fourth-order valence-electron chi connectivity index (χ4n) is 3.36. The summed E-state index contributed by atoms with van der Waals surface area (Å²) in [7, 11) is 3.36. The molecule has 0 aromatic heterocycles. The molecule has 0 N–H and O–H groups in total. The highest BCUT2D eigenvalue weighted by Crippen LogP contribution is 2.24. The summed E-state index contributed by atoms with van der Waals surface area (Å²) in [6.07, 6.45) is 3.16. The summed E-state index contributed by atoms with van der Waals surface area (Å²) < 4.78 is 5.67. The lowest BCUT2D eigenvalue weighted by atomic mass is 10.1. The standard InChI is InChI=1S/C19H25N3O4/c1-20(11-14-7-5-6-10-26-14)17(23)12-22-13-18(24)21(2)16-9-4-3-8-15(16)19(22)25/h3-4,8-9,14H,5-7,10-13H2,1-2H3/t14-/m0/s1. The van der Waals surface area contributed by atoms with Crippen LogP contribution in [0.1, 0.15) is 29.6 Å². The van der Waals surface area contributed by atoms with E-state index in [0.717, 1.165) is 25.9 Å². The number of fused-ring (bicyclic) bond motifs is 1. The Morgan fingerprint density at radius 2 is 2.04 bits per heavy atom. The van der Waals surface area contributed by atoms with Gasteiger partial charge in [0.1, 0.15) is 13.1 Å². The molecule has 26 heavy (non-hydrogen) atoms. The lowest BCUT2D eigenvalue weighted by Gasteiger charge is -2.29. The second kappa shape index (κ2) is 7.86. The molecular formula is C19H25N3O4. The molecule has 1 fully saturated rings. The fourth-order valence-corrected chi connectivity index (χ4v) is 3.36. The highest BCUT2D eigenvalue weighted by Gasteiger charge is 2.31. The van der Waals surface area contributed by atoms with Crippen LogP contribution in [0, 0.1) is 0 Å². The first-order valence-corrected chi connectivity index (χ1v) is 8.98. The molecule has 0 unspecified atom stereocenters. The van der Waals surface area contributed by atoms with Crippen molar-refractivity contribution < 1.29 is 19.1 Å². The first-order chi connectivity index (χ1) is 12.5. The largest absolute Gasteiger partial charge is 0.376 e. The minimum atomic E-state index is -0.297. The summed E-state index contributed by atoms with van der Waals surface area (Å²) in [5.74, 6) is -0.703. The molecule has 0 aliphatic carbocycles. The van der Waals surface area contributed by atoms with E-state index in [2.05, 4.69) is 0 Å². The van der Waals surface area contributed by atoms with Gasteiger partial charge in [-0.1, -0.05) is 12.1 Å². The SMILES string of the molecule is CN(C[C@@H]1CCCCO1)C(=O)CN1CC(=O)N(C)c2ccccc2C1=O. The van der Waals surface area contributed by atoms with Crippen LogP contribution < -0.4 is 4.90 Å². The minimum Gasteiger partial charge on any atom is -0.376 e. The number of para-hydroxylation sites is 1. The zero-order chi connectivity index (χ0) is 18.7. The number of likely N-dealkylation sites (N-methyl/N-ethyl adjacent to an activating group) is 2. The number of carbonyl (C=O) groups is 3. The van der Waals surface area contributed by atoms with Crippen molar-refractivity contribution in [1.82, 2.24) is 9.80 Å². The average molecular weight is 359 g/mol. The molecule has 1 aromatic carbocycles. The van der Waals surface area contributed by atoms with Crippen molar-refractivity contribution in [2.75, 3.05) is 45.2 Å². The van der Waals surface area contributed by atoms with Gasteiger partial charge in [0.25, 0.3) is 5.91 Å². The van der Waals surface area contributed by atoms with E-state index in [1.165, 1.54) is 9.80 Å². The molecule has 2 aliphatic heterocycles. The van der Waals surface area contributed by atoms with E-state index in [1.807, 2.05) is 0 Å². The number of nitrogens with zero attached hydrogens (tertiary/aromatic N) is 3. The Bertz CT molecular complexity index is 700. The number of amides is 3. The molecule has 1 aromatic rings. The van der Waals surface area contributed by atoms with Gasteiger partial charge in [0, 0.05) is 27.2 Å². The molecule has 2 heterocycles. The van der Waals surface area contributed by atoms with Gasteiger partial charge >= 0.3 is 0 Å². The van der Waals surface area contributed by atoms with Crippen LogP contribution in [0.3, 0.4) is 0 Å². The number of anilines is 1. The Labute approximate surface area is 153 Å². The lowest BCUT2D eigenvalue weighted by Crippen LogP contribution is -2.46. The predicted octanol–water partition coefficient (Wildman–Crippen LogP) is 1.13. The second-order valence-corrected chi connectivity index (χ2v) is 6.89. The molecule has 0 spiro atoms. The van der Waals surface area contributed by atoms with Crippen LogP contribution in [0.25, 0.3) is 0 Å². The summed E-state index contributed by atoms with van der Waals surface area (Å²) in [5, 5.41) is 0. The average Bonchev–Trinajstić information content (AvgIpc) is 2.74. The van der Waals surface area contributed by atoms with E-state index in [0.29, 0.717) is 17.8 Å². The van der Waals surface area contributed by atoms with Crippen LogP contribution in [0.5, 0.6) is 0 Å². The van der Waals surface area contributed by atoms with Crippen molar-refractivity contribution in [3.8, 4) is 0 Å². The Balaban J connectivity index is 1.69. The van der Waals surface area contributed by atoms with Gasteiger partial charge < -0.3 is 19.4 Å². The quantitative estimate of drug-likeness (QED) is 0.808. The van der Waals surface area contributed by atoms with Gasteiger partial charge in [-0.05, 0) is 31.4 Å². The molecule has 140 valence electrons. The third kappa shape index (κ3) is 3.88. The van der Waals surface area contributed by atoms with Gasteiger partial charge in [0.15, 0.2) is 0 Å². The summed E-state index contributed by atoms with van der Waals surface area (Å²) >= 11 is 0. The maximum absolute atomic E-state index is 12.8. The van der Waals surface area contributed by atoms with Gasteiger partial charge in [0.2, 0.25) is 11.8 Å². The van der Waals surface area contributed by atoms with Crippen molar-refractivity contribution >= 4 is 23.4 Å². The zero-order valence-corrected chi connectivity index (χ0v) is 15.3. The smallest absolute Gasteiger partial charge is 0.256 e. The highest BCUT2D eigenvalue weighted by molar-refractivity contribution is 6.10. The molecule has 3 amide bonds. The summed E-state index contributed by atoms with van der Waals surface area (Å²) in [4.78, 5) is 42.2. The number of rotatable bonds is 4. The summed E-state index contributed by atoms with van der Waals surface area (Å²) in [5.41, 5.74) is 1.01. The molecule has 7 nitrogen and oxygen atoms in total. The van der Waals surface area contributed by atoms with Gasteiger partial charge in [-0.2, -0.15) is 0 Å². The van der Waals surface area contributed by atoms with Crippen LogP contribution in [0.4, 0.5) is 5.69 Å². The Morgan fingerprint density at radius 1 is 1.27 bits per heavy atom. The van der Waals surface area contributed by atoms with E-state index >= 15 is 0 Å². The van der Waals surface area contributed by atoms with Crippen LogP contribution >= 0.6 is 0 Å². The van der Waals surface area contributed by atoms with E-state index in [-0.39, 0.29) is 36.9 Å². The lowest BCUT2D eigenvalue weighted by molar-refractivity contribution is -0.133. The van der Waals surface area contributed by atoms with Crippen LogP contribution in [-0.4, -0.2) is 74.0 Å². The third-order valence-electron chi connectivity index (χ3n) is 4.99. The van der Waals surface area contributed by atoms with E-state index in [4.69, 9.17) is 4.74 Å². The maximum atomic E-state index is 12.8. The molecule has 1 saturated heterocycles. The summed E-state index contributed by atoms with van der Waals surface area (Å²) in [6, 6.07) is 6.97. The van der Waals surface area contributed by atoms with Gasteiger partial charge in [-0.15, -0.1) is 0 Å². The zero-order valence-electron chi connectivity index (χ0n) is 15.3. The Hall–Kier alpha value is -2.41. The van der Waals surface area contributed by atoms with Crippen molar-refractivity contribution in [2.24, 2.45) is 0 Å². The van der Waals surface area contributed by atoms with Crippen molar-refractivity contribution in [2.45, 2.75) is 25.4 Å². The molecular weight excluding hydrogens is 334 g/mol.